The first-order chi connectivity index (χ1) is 8.42. The van der Waals surface area contributed by atoms with Gasteiger partial charge in [0.1, 0.15) is 5.75 Å². The maximum atomic E-state index is 5.83. The summed E-state index contributed by atoms with van der Waals surface area (Å²) < 4.78 is 10.9. The van der Waals surface area contributed by atoms with Crippen LogP contribution in [0.15, 0.2) is 28.9 Å². The van der Waals surface area contributed by atoms with Crippen LogP contribution in [0.2, 0.25) is 0 Å². The van der Waals surface area contributed by atoms with E-state index in [9.17, 15) is 0 Å². The first kappa shape index (κ1) is 10.6. The van der Waals surface area contributed by atoms with Gasteiger partial charge in [-0.1, -0.05) is 5.16 Å². The summed E-state index contributed by atoms with van der Waals surface area (Å²) >= 11 is 0. The Morgan fingerprint density at radius 3 is 3.12 bits per heavy atom. The minimum Gasteiger partial charge on any atom is -0.493 e. The van der Waals surface area contributed by atoms with Crippen LogP contribution in [0.1, 0.15) is 12.8 Å². The molecule has 0 amide bonds. The van der Waals surface area contributed by atoms with E-state index in [0.717, 1.165) is 36.4 Å². The molecule has 0 spiro atoms. The second-order valence-corrected chi connectivity index (χ2v) is 4.53. The van der Waals surface area contributed by atoms with Gasteiger partial charge in [-0.3, -0.25) is 0 Å². The minimum absolute atomic E-state index is 0.675. The largest absolute Gasteiger partial charge is 0.493 e. The summed E-state index contributed by atoms with van der Waals surface area (Å²) in [5.74, 6) is 1.58. The smallest absolute Gasteiger partial charge is 0.167 e. The van der Waals surface area contributed by atoms with Crippen LogP contribution in [0.5, 0.6) is 5.75 Å². The molecule has 1 fully saturated rings. The van der Waals surface area contributed by atoms with Crippen molar-refractivity contribution in [2.24, 2.45) is 5.92 Å². The van der Waals surface area contributed by atoms with Crippen LogP contribution in [-0.2, 0) is 0 Å². The summed E-state index contributed by atoms with van der Waals surface area (Å²) in [6.45, 7) is 3.02. The van der Waals surface area contributed by atoms with Gasteiger partial charge in [0.2, 0.25) is 0 Å². The van der Waals surface area contributed by atoms with Crippen molar-refractivity contribution < 1.29 is 9.26 Å². The highest BCUT2D eigenvalue weighted by Crippen LogP contribution is 2.21. The quantitative estimate of drug-likeness (QED) is 0.881. The second-order valence-electron chi connectivity index (χ2n) is 4.53. The molecule has 17 heavy (non-hydrogen) atoms. The Hall–Kier alpha value is -1.55. The van der Waals surface area contributed by atoms with E-state index in [-0.39, 0.29) is 0 Å². The topological polar surface area (TPSA) is 47.3 Å². The van der Waals surface area contributed by atoms with E-state index in [2.05, 4.69) is 10.5 Å². The summed E-state index contributed by atoms with van der Waals surface area (Å²) in [7, 11) is 0. The first-order valence-corrected chi connectivity index (χ1v) is 6.10. The summed E-state index contributed by atoms with van der Waals surface area (Å²) in [6, 6.07) is 5.82. The van der Waals surface area contributed by atoms with Gasteiger partial charge in [0, 0.05) is 5.39 Å². The van der Waals surface area contributed by atoms with Crippen LogP contribution in [0.4, 0.5) is 0 Å². The van der Waals surface area contributed by atoms with Gasteiger partial charge in [0.25, 0.3) is 0 Å². The average Bonchev–Trinajstić information content (AvgIpc) is 2.85. The lowest BCUT2D eigenvalue weighted by atomic mass is 9.99. The molecule has 3 rings (SSSR count). The van der Waals surface area contributed by atoms with E-state index in [0.29, 0.717) is 5.92 Å². The Kier molecular flexibility index (Phi) is 2.96. The van der Waals surface area contributed by atoms with Crippen molar-refractivity contribution in [3.63, 3.8) is 0 Å². The lowest BCUT2D eigenvalue weighted by Crippen LogP contribution is -2.30. The minimum atomic E-state index is 0.675. The van der Waals surface area contributed by atoms with E-state index >= 15 is 0 Å². The van der Waals surface area contributed by atoms with Gasteiger partial charge in [-0.15, -0.1) is 0 Å². The van der Waals surface area contributed by atoms with Crippen molar-refractivity contribution in [3.8, 4) is 5.75 Å². The fourth-order valence-corrected chi connectivity index (χ4v) is 2.20. The summed E-state index contributed by atoms with van der Waals surface area (Å²) in [5.41, 5.74) is 0.805. The van der Waals surface area contributed by atoms with E-state index in [4.69, 9.17) is 9.26 Å². The molecule has 4 heteroatoms. The number of ether oxygens (including phenoxy) is 1. The van der Waals surface area contributed by atoms with E-state index in [1.807, 2.05) is 18.2 Å². The number of nitrogens with zero attached hydrogens (tertiary/aromatic N) is 1. The molecule has 0 bridgehead atoms. The zero-order chi connectivity index (χ0) is 11.5. The van der Waals surface area contributed by atoms with Crippen molar-refractivity contribution in [3.05, 3.63) is 24.4 Å². The Morgan fingerprint density at radius 1 is 1.35 bits per heavy atom. The zero-order valence-electron chi connectivity index (χ0n) is 9.69. The molecule has 0 aliphatic carbocycles. The second kappa shape index (κ2) is 4.75. The molecule has 1 saturated heterocycles. The van der Waals surface area contributed by atoms with Crippen molar-refractivity contribution in [2.75, 3.05) is 19.7 Å². The van der Waals surface area contributed by atoms with Gasteiger partial charge in [0.15, 0.2) is 5.58 Å². The molecule has 1 aliphatic rings. The molecule has 0 unspecified atom stereocenters. The van der Waals surface area contributed by atoms with Gasteiger partial charge in [-0.25, -0.2) is 0 Å². The van der Waals surface area contributed by atoms with Crippen LogP contribution < -0.4 is 10.1 Å². The normalized spacial score (nSPS) is 17.4. The predicted octanol–water partition coefficient (Wildman–Crippen LogP) is 2.21. The molecular formula is C13H16N2O2. The standard InChI is InChI=1S/C13H16N2O2/c1-2-13-11(8-15-17-13)7-12(1)16-9-10-3-5-14-6-4-10/h1-2,7-8,10,14H,3-6,9H2. The number of rotatable bonds is 3. The fraction of sp³-hybridized carbons (Fsp3) is 0.462. The first-order valence-electron chi connectivity index (χ1n) is 6.10. The van der Waals surface area contributed by atoms with Crippen molar-refractivity contribution >= 4 is 11.0 Å². The molecule has 1 N–H and O–H groups in total. The highest BCUT2D eigenvalue weighted by atomic mass is 16.5. The third-order valence-electron chi connectivity index (χ3n) is 3.27. The van der Waals surface area contributed by atoms with Crippen molar-refractivity contribution in [1.29, 1.82) is 0 Å². The summed E-state index contributed by atoms with van der Waals surface area (Å²) in [4.78, 5) is 0. The molecule has 2 heterocycles. The molecule has 0 radical (unpaired) electrons. The van der Waals surface area contributed by atoms with E-state index in [1.165, 1.54) is 12.8 Å². The zero-order valence-corrected chi connectivity index (χ0v) is 9.69. The molecule has 2 aromatic rings. The lowest BCUT2D eigenvalue weighted by molar-refractivity contribution is 0.215. The molecule has 1 aromatic carbocycles. The molecule has 4 nitrogen and oxygen atoms in total. The SMILES string of the molecule is c1cc2oncc2cc1OCC1CCNCC1. The lowest BCUT2D eigenvalue weighted by Gasteiger charge is -2.22. The molecule has 1 aromatic heterocycles. The Balaban J connectivity index is 1.63. The summed E-state index contributed by atoms with van der Waals surface area (Å²) in [5, 5.41) is 8.10. The number of hydrogen-bond donors (Lipinski definition) is 1. The van der Waals surface area contributed by atoms with Crippen LogP contribution in [-0.4, -0.2) is 24.9 Å². The summed E-state index contributed by atoms with van der Waals surface area (Å²) in [6.07, 6.45) is 4.12. The van der Waals surface area contributed by atoms with Gasteiger partial charge >= 0.3 is 0 Å². The number of piperidine rings is 1. The maximum absolute atomic E-state index is 5.83. The molecular weight excluding hydrogens is 216 g/mol. The van der Waals surface area contributed by atoms with Crippen LogP contribution in [0, 0.1) is 5.92 Å². The average molecular weight is 232 g/mol. The highest BCUT2D eigenvalue weighted by molar-refractivity contribution is 5.77. The monoisotopic (exact) mass is 232 g/mol. The van der Waals surface area contributed by atoms with Crippen LogP contribution in [0.3, 0.4) is 0 Å². The van der Waals surface area contributed by atoms with Gasteiger partial charge in [-0.05, 0) is 50.0 Å². The Labute approximate surface area is 99.9 Å². The maximum Gasteiger partial charge on any atom is 0.167 e. The van der Waals surface area contributed by atoms with Crippen LogP contribution in [0.25, 0.3) is 11.0 Å². The molecule has 90 valence electrons. The third-order valence-corrected chi connectivity index (χ3v) is 3.27. The number of fused-ring (bicyclic) bond motifs is 1. The number of benzene rings is 1. The van der Waals surface area contributed by atoms with Crippen molar-refractivity contribution in [2.45, 2.75) is 12.8 Å². The predicted molar refractivity (Wildman–Crippen MR) is 65.1 cm³/mol. The van der Waals surface area contributed by atoms with Crippen molar-refractivity contribution in [1.82, 2.24) is 10.5 Å². The van der Waals surface area contributed by atoms with Gasteiger partial charge in [0.05, 0.1) is 12.8 Å². The number of nitrogens with one attached hydrogen (secondary N) is 1. The van der Waals surface area contributed by atoms with Gasteiger partial charge in [-0.2, -0.15) is 0 Å². The van der Waals surface area contributed by atoms with E-state index < -0.39 is 0 Å². The molecule has 0 saturated carbocycles. The highest BCUT2D eigenvalue weighted by Gasteiger charge is 2.13. The Morgan fingerprint density at radius 2 is 2.24 bits per heavy atom. The third kappa shape index (κ3) is 2.42. The number of hydrogen-bond acceptors (Lipinski definition) is 4. The van der Waals surface area contributed by atoms with Gasteiger partial charge < -0.3 is 14.6 Å². The molecule has 0 atom stereocenters. The van der Waals surface area contributed by atoms with E-state index in [1.54, 1.807) is 6.20 Å². The number of aromatic nitrogens is 1. The fourth-order valence-electron chi connectivity index (χ4n) is 2.20. The Bertz CT molecular complexity index is 489. The van der Waals surface area contributed by atoms with Crippen LogP contribution >= 0.6 is 0 Å². The molecule has 1 aliphatic heterocycles.